The van der Waals surface area contributed by atoms with Crippen molar-refractivity contribution in [3.05, 3.63) is 69.0 Å². The lowest BCUT2D eigenvalue weighted by Crippen LogP contribution is -2.09. The SMILES string of the molecule is O=c1c2ccccc2[nH]c2c(O)c3c(=O)c4ccccc4[nH]c3c(O)c12. The molecule has 0 aliphatic heterocycles. The van der Waals surface area contributed by atoms with E-state index in [4.69, 9.17) is 0 Å². The summed E-state index contributed by atoms with van der Waals surface area (Å²) in [5.41, 5.74) is 0.266. The van der Waals surface area contributed by atoms with E-state index in [1.54, 1.807) is 48.5 Å². The Balaban J connectivity index is 2.16. The zero-order valence-corrected chi connectivity index (χ0v) is 13.3. The predicted molar refractivity (Wildman–Crippen MR) is 101 cm³/mol. The first-order valence-corrected chi connectivity index (χ1v) is 8.01. The fourth-order valence-electron chi connectivity index (χ4n) is 3.53. The molecule has 0 spiro atoms. The number of H-pyrrole nitrogens is 2. The fraction of sp³-hybridized carbons (Fsp3) is 0. The van der Waals surface area contributed by atoms with Gasteiger partial charge in [0.15, 0.2) is 11.5 Å². The maximum absolute atomic E-state index is 12.9. The number of para-hydroxylation sites is 2. The number of aromatic amines is 2. The highest BCUT2D eigenvalue weighted by Crippen LogP contribution is 2.38. The second-order valence-electron chi connectivity index (χ2n) is 6.20. The zero-order valence-electron chi connectivity index (χ0n) is 13.3. The zero-order chi connectivity index (χ0) is 18.0. The molecule has 0 aliphatic carbocycles. The number of nitrogens with one attached hydrogen (secondary N) is 2. The molecule has 6 nitrogen and oxygen atoms in total. The van der Waals surface area contributed by atoms with Crippen LogP contribution in [0.25, 0.3) is 43.6 Å². The number of phenols is 2. The molecule has 0 amide bonds. The molecule has 0 saturated carbocycles. The maximum atomic E-state index is 12.9. The number of hydrogen-bond acceptors (Lipinski definition) is 4. The first kappa shape index (κ1) is 14.5. The third-order valence-corrected chi connectivity index (χ3v) is 4.76. The van der Waals surface area contributed by atoms with Gasteiger partial charge in [0.05, 0.1) is 21.8 Å². The average Bonchev–Trinajstić information content (AvgIpc) is 2.66. The van der Waals surface area contributed by atoms with E-state index in [9.17, 15) is 19.8 Å². The van der Waals surface area contributed by atoms with Gasteiger partial charge in [-0.15, -0.1) is 0 Å². The number of fused-ring (bicyclic) bond motifs is 4. The van der Waals surface area contributed by atoms with Crippen LogP contribution in [0, 0.1) is 0 Å². The van der Waals surface area contributed by atoms with Crippen LogP contribution in [0.2, 0.25) is 0 Å². The second kappa shape index (κ2) is 4.86. The van der Waals surface area contributed by atoms with Gasteiger partial charge in [0.1, 0.15) is 0 Å². The van der Waals surface area contributed by atoms with Crippen LogP contribution < -0.4 is 10.9 Å². The minimum Gasteiger partial charge on any atom is -0.505 e. The Morgan fingerprint density at radius 3 is 1.42 bits per heavy atom. The number of aromatic nitrogens is 2. The highest BCUT2D eigenvalue weighted by Gasteiger charge is 2.21. The molecular formula is C20H12N2O4. The van der Waals surface area contributed by atoms with Gasteiger partial charge in [0.25, 0.3) is 0 Å². The molecule has 4 N–H and O–H groups in total. The molecule has 0 aliphatic rings. The Labute approximate surface area is 145 Å². The lowest BCUT2D eigenvalue weighted by molar-refractivity contribution is 0.476. The van der Waals surface area contributed by atoms with Crippen molar-refractivity contribution < 1.29 is 10.2 Å². The largest absolute Gasteiger partial charge is 0.505 e. The van der Waals surface area contributed by atoms with Gasteiger partial charge in [-0.3, -0.25) is 9.59 Å². The number of pyridine rings is 2. The number of hydrogen-bond donors (Lipinski definition) is 4. The van der Waals surface area contributed by atoms with Gasteiger partial charge in [0.2, 0.25) is 10.9 Å². The highest BCUT2D eigenvalue weighted by molar-refractivity contribution is 6.12. The van der Waals surface area contributed by atoms with Gasteiger partial charge in [0, 0.05) is 21.8 Å². The van der Waals surface area contributed by atoms with Gasteiger partial charge >= 0.3 is 0 Å². The summed E-state index contributed by atoms with van der Waals surface area (Å²) in [5.74, 6) is -0.717. The van der Waals surface area contributed by atoms with Crippen LogP contribution >= 0.6 is 0 Å². The first-order valence-electron chi connectivity index (χ1n) is 8.01. The normalized spacial score (nSPS) is 11.7. The van der Waals surface area contributed by atoms with Crippen LogP contribution in [0.1, 0.15) is 0 Å². The average molecular weight is 344 g/mol. The molecule has 2 heterocycles. The van der Waals surface area contributed by atoms with E-state index >= 15 is 0 Å². The molecule has 126 valence electrons. The van der Waals surface area contributed by atoms with E-state index in [1.807, 2.05) is 0 Å². The molecule has 2 aromatic heterocycles. The number of phenolic OH excluding ortho intramolecular Hbond substituents is 2. The predicted octanol–water partition coefficient (Wildman–Crippen LogP) is 3.09. The molecule has 0 radical (unpaired) electrons. The van der Waals surface area contributed by atoms with E-state index in [-0.39, 0.29) is 33.3 Å². The summed E-state index contributed by atoms with van der Waals surface area (Å²) in [6.45, 7) is 0. The monoisotopic (exact) mass is 344 g/mol. The Morgan fingerprint density at radius 1 is 0.615 bits per heavy atom. The van der Waals surface area contributed by atoms with Crippen molar-refractivity contribution >= 4 is 43.6 Å². The smallest absolute Gasteiger partial charge is 0.201 e. The van der Waals surface area contributed by atoms with Crippen molar-refractivity contribution in [3.63, 3.8) is 0 Å². The number of benzene rings is 3. The highest BCUT2D eigenvalue weighted by atomic mass is 16.3. The van der Waals surface area contributed by atoms with Gasteiger partial charge in [-0.05, 0) is 24.3 Å². The third kappa shape index (κ3) is 1.70. The van der Waals surface area contributed by atoms with E-state index in [0.29, 0.717) is 21.8 Å². The van der Waals surface area contributed by atoms with Crippen molar-refractivity contribution in [1.82, 2.24) is 9.97 Å². The molecule has 0 atom stereocenters. The quantitative estimate of drug-likeness (QED) is 0.256. The number of rotatable bonds is 0. The summed E-state index contributed by atoms with van der Waals surface area (Å²) in [5, 5.41) is 22.2. The lowest BCUT2D eigenvalue weighted by Gasteiger charge is -2.11. The summed E-state index contributed by atoms with van der Waals surface area (Å²) in [7, 11) is 0. The van der Waals surface area contributed by atoms with E-state index in [1.165, 1.54) is 0 Å². The Bertz CT molecular complexity index is 1380. The van der Waals surface area contributed by atoms with Gasteiger partial charge in [-0.2, -0.15) is 0 Å². The van der Waals surface area contributed by atoms with Crippen molar-refractivity contribution in [2.45, 2.75) is 0 Å². The van der Waals surface area contributed by atoms with Crippen molar-refractivity contribution in [2.75, 3.05) is 0 Å². The molecule has 26 heavy (non-hydrogen) atoms. The first-order chi connectivity index (χ1) is 12.6. The Kier molecular flexibility index (Phi) is 2.72. The van der Waals surface area contributed by atoms with E-state index in [2.05, 4.69) is 9.97 Å². The van der Waals surface area contributed by atoms with Gasteiger partial charge < -0.3 is 20.2 Å². The summed E-state index contributed by atoms with van der Waals surface area (Å²) in [4.78, 5) is 31.7. The van der Waals surface area contributed by atoms with E-state index in [0.717, 1.165) is 0 Å². The topological polar surface area (TPSA) is 106 Å². The van der Waals surface area contributed by atoms with Crippen LogP contribution in [-0.4, -0.2) is 20.2 Å². The van der Waals surface area contributed by atoms with Gasteiger partial charge in [-0.25, -0.2) is 0 Å². The second-order valence-corrected chi connectivity index (χ2v) is 6.20. The third-order valence-electron chi connectivity index (χ3n) is 4.76. The van der Waals surface area contributed by atoms with Crippen LogP contribution in [0.4, 0.5) is 0 Å². The molecule has 0 saturated heterocycles. The molecular weight excluding hydrogens is 332 g/mol. The maximum Gasteiger partial charge on any atom is 0.201 e. The van der Waals surface area contributed by atoms with Crippen molar-refractivity contribution in [1.29, 1.82) is 0 Å². The summed E-state index contributed by atoms with van der Waals surface area (Å²) in [6.07, 6.45) is 0. The van der Waals surface area contributed by atoms with Gasteiger partial charge in [-0.1, -0.05) is 24.3 Å². The van der Waals surface area contributed by atoms with Crippen LogP contribution in [-0.2, 0) is 0 Å². The molecule has 6 heteroatoms. The Morgan fingerprint density at radius 2 is 1.00 bits per heavy atom. The summed E-state index contributed by atoms with van der Waals surface area (Å²) in [6, 6.07) is 13.6. The van der Waals surface area contributed by atoms with Crippen molar-refractivity contribution in [3.8, 4) is 11.5 Å². The fourth-order valence-corrected chi connectivity index (χ4v) is 3.53. The molecule has 0 fully saturated rings. The van der Waals surface area contributed by atoms with Crippen LogP contribution in [0.3, 0.4) is 0 Å². The molecule has 0 unspecified atom stereocenters. The molecule has 5 rings (SSSR count). The van der Waals surface area contributed by atoms with Crippen LogP contribution in [0.15, 0.2) is 58.1 Å². The molecule has 5 aromatic rings. The molecule has 3 aromatic carbocycles. The lowest BCUT2D eigenvalue weighted by atomic mass is 10.0. The minimum atomic E-state index is -0.418. The minimum absolute atomic E-state index is 0.0412. The van der Waals surface area contributed by atoms with E-state index < -0.39 is 10.9 Å². The Hall–Kier alpha value is -3.80. The summed E-state index contributed by atoms with van der Waals surface area (Å²) < 4.78 is 0. The summed E-state index contributed by atoms with van der Waals surface area (Å²) >= 11 is 0. The van der Waals surface area contributed by atoms with Crippen LogP contribution in [0.5, 0.6) is 11.5 Å². The van der Waals surface area contributed by atoms with Crippen molar-refractivity contribution in [2.24, 2.45) is 0 Å². The molecule has 0 bridgehead atoms. The number of aromatic hydroxyl groups is 2. The standard InChI is InChI=1S/C20H12N2O4/c23-17-9-5-1-3-7-11(9)21-15-13(17)19(25)16-14(20(15)26)18(24)10-6-2-4-8-12(10)22-16/h1-8,25-26H,(H,21,23)(H,22,24).